The third kappa shape index (κ3) is 6.78. The molecule has 0 spiro atoms. The maximum atomic E-state index is 12.6. The Kier molecular flexibility index (Phi) is 8.86. The average Bonchev–Trinajstić information content (AvgIpc) is 2.78. The lowest BCUT2D eigenvalue weighted by atomic mass is 10.0. The third-order valence-corrected chi connectivity index (χ3v) is 6.20. The summed E-state index contributed by atoms with van der Waals surface area (Å²) in [5, 5.41) is 0. The first kappa shape index (κ1) is 23.2. The minimum absolute atomic E-state index is 0.315. The molecule has 5 nitrogen and oxygen atoms in total. The van der Waals surface area contributed by atoms with E-state index in [-0.39, 0.29) is 0 Å². The van der Waals surface area contributed by atoms with Gasteiger partial charge in [0.15, 0.2) is 0 Å². The fraction of sp³-hybridized carbons (Fsp3) is 0.577. The zero-order valence-corrected chi connectivity index (χ0v) is 19.6. The van der Waals surface area contributed by atoms with Crippen molar-refractivity contribution in [1.29, 1.82) is 0 Å². The number of nitrogens with zero attached hydrogens (tertiary/aromatic N) is 4. The molecule has 2 heterocycles. The molecule has 3 rings (SSSR count). The van der Waals surface area contributed by atoms with Crippen LogP contribution in [0.25, 0.3) is 0 Å². The van der Waals surface area contributed by atoms with Gasteiger partial charge in [0.25, 0.3) is 0 Å². The molecule has 1 aliphatic rings. The monoisotopic (exact) mass is 422 g/mol. The molecule has 2 aromatic rings. The summed E-state index contributed by atoms with van der Waals surface area (Å²) in [5.41, 5.74) is 3.52. The molecule has 0 unspecified atom stereocenters. The minimum atomic E-state index is 0.315. The molecular weight excluding hydrogens is 384 g/mol. The van der Waals surface area contributed by atoms with Gasteiger partial charge < -0.3 is 9.80 Å². The number of aryl methyl sites for hydroxylation is 2. The van der Waals surface area contributed by atoms with Crippen molar-refractivity contribution in [3.63, 3.8) is 0 Å². The molecule has 168 valence electrons. The smallest absolute Gasteiger partial charge is 0.222 e. The Morgan fingerprint density at radius 1 is 0.903 bits per heavy atom. The quantitative estimate of drug-likeness (QED) is 0.501. The van der Waals surface area contributed by atoms with Gasteiger partial charge in [-0.3, -0.25) is 4.79 Å². The molecule has 1 saturated heterocycles. The van der Waals surface area contributed by atoms with Crippen LogP contribution in [0.3, 0.4) is 0 Å². The highest BCUT2D eigenvalue weighted by Crippen LogP contribution is 2.25. The largest absolute Gasteiger partial charge is 0.353 e. The van der Waals surface area contributed by atoms with E-state index >= 15 is 0 Å². The first-order valence-electron chi connectivity index (χ1n) is 12.0. The van der Waals surface area contributed by atoms with Gasteiger partial charge in [0.1, 0.15) is 11.6 Å². The van der Waals surface area contributed by atoms with Crippen molar-refractivity contribution in [2.75, 3.05) is 31.1 Å². The fourth-order valence-electron chi connectivity index (χ4n) is 4.37. The van der Waals surface area contributed by atoms with Crippen LogP contribution in [0.15, 0.2) is 30.3 Å². The Morgan fingerprint density at radius 2 is 1.58 bits per heavy atom. The highest BCUT2D eigenvalue weighted by molar-refractivity contribution is 5.76. The van der Waals surface area contributed by atoms with E-state index in [2.05, 4.69) is 48.0 Å². The molecular formula is C26H38N4O. The summed E-state index contributed by atoms with van der Waals surface area (Å²) in [6.45, 7) is 9.50. The topological polar surface area (TPSA) is 49.3 Å². The number of anilines is 1. The molecule has 0 saturated carbocycles. The van der Waals surface area contributed by atoms with E-state index in [1.54, 1.807) is 0 Å². The molecule has 0 aliphatic carbocycles. The minimum Gasteiger partial charge on any atom is -0.353 e. The molecule has 1 aliphatic heterocycles. The molecule has 1 amide bonds. The maximum absolute atomic E-state index is 12.6. The number of carbonyl (C=O) groups is 1. The Morgan fingerprint density at radius 3 is 2.29 bits per heavy atom. The Bertz CT molecular complexity index is 829. The predicted molar refractivity (Wildman–Crippen MR) is 128 cm³/mol. The molecule has 5 heteroatoms. The van der Waals surface area contributed by atoms with Crippen LogP contribution in [0.2, 0.25) is 0 Å². The molecule has 0 atom stereocenters. The zero-order chi connectivity index (χ0) is 22.1. The molecule has 1 fully saturated rings. The highest BCUT2D eigenvalue weighted by Gasteiger charge is 2.24. The summed E-state index contributed by atoms with van der Waals surface area (Å²) in [4.78, 5) is 26.5. The number of unbranched alkanes of at least 4 members (excludes halogenated alkanes) is 5. The van der Waals surface area contributed by atoms with Crippen molar-refractivity contribution >= 4 is 11.7 Å². The predicted octanol–water partition coefficient (Wildman–Crippen LogP) is 5.08. The van der Waals surface area contributed by atoms with Gasteiger partial charge in [-0.2, -0.15) is 0 Å². The maximum Gasteiger partial charge on any atom is 0.222 e. The van der Waals surface area contributed by atoms with Gasteiger partial charge in [0, 0.05) is 50.3 Å². The number of hydrogen-bond donors (Lipinski definition) is 0. The molecule has 0 bridgehead atoms. The first-order valence-corrected chi connectivity index (χ1v) is 12.0. The van der Waals surface area contributed by atoms with Crippen LogP contribution in [-0.2, 0) is 11.2 Å². The van der Waals surface area contributed by atoms with Crippen LogP contribution in [-0.4, -0.2) is 47.0 Å². The number of hydrogen-bond acceptors (Lipinski definition) is 4. The van der Waals surface area contributed by atoms with Crippen LogP contribution in [0.5, 0.6) is 0 Å². The lowest BCUT2D eigenvalue weighted by Gasteiger charge is -2.36. The van der Waals surface area contributed by atoms with Crippen molar-refractivity contribution in [3.05, 3.63) is 53.0 Å². The van der Waals surface area contributed by atoms with Crippen LogP contribution < -0.4 is 4.90 Å². The number of piperazine rings is 1. The number of carbonyl (C=O) groups excluding carboxylic acids is 1. The first-order chi connectivity index (χ1) is 15.1. The third-order valence-electron chi connectivity index (χ3n) is 6.20. The summed E-state index contributed by atoms with van der Waals surface area (Å²) in [6, 6.07) is 10.5. The lowest BCUT2D eigenvalue weighted by Crippen LogP contribution is -2.49. The molecule has 1 aromatic carbocycles. The molecule has 31 heavy (non-hydrogen) atoms. The number of aromatic nitrogens is 2. The van der Waals surface area contributed by atoms with Gasteiger partial charge in [-0.15, -0.1) is 0 Å². The Balaban J connectivity index is 1.57. The van der Waals surface area contributed by atoms with E-state index in [1.807, 2.05) is 17.9 Å². The van der Waals surface area contributed by atoms with Gasteiger partial charge in [0.05, 0.1) is 0 Å². The van der Waals surface area contributed by atoms with Gasteiger partial charge in [-0.05, 0) is 25.8 Å². The van der Waals surface area contributed by atoms with Crippen molar-refractivity contribution in [2.24, 2.45) is 0 Å². The molecule has 0 N–H and O–H groups in total. The van der Waals surface area contributed by atoms with Crippen molar-refractivity contribution < 1.29 is 4.79 Å². The number of benzene rings is 1. The van der Waals surface area contributed by atoms with Crippen LogP contribution >= 0.6 is 0 Å². The average molecular weight is 423 g/mol. The van der Waals surface area contributed by atoms with Gasteiger partial charge in [-0.25, -0.2) is 9.97 Å². The fourth-order valence-corrected chi connectivity index (χ4v) is 4.37. The van der Waals surface area contributed by atoms with Crippen LogP contribution in [0.1, 0.15) is 74.5 Å². The number of amides is 1. The van der Waals surface area contributed by atoms with Crippen LogP contribution in [0.4, 0.5) is 5.82 Å². The Labute approximate surface area is 187 Å². The normalized spacial score (nSPS) is 14.2. The summed E-state index contributed by atoms with van der Waals surface area (Å²) in [6.07, 6.45) is 8.85. The van der Waals surface area contributed by atoms with E-state index in [1.165, 1.54) is 43.2 Å². The van der Waals surface area contributed by atoms with Crippen molar-refractivity contribution in [1.82, 2.24) is 14.9 Å². The van der Waals surface area contributed by atoms with E-state index in [4.69, 9.17) is 4.98 Å². The van der Waals surface area contributed by atoms with E-state index in [9.17, 15) is 4.79 Å². The van der Waals surface area contributed by atoms with Gasteiger partial charge in [0.2, 0.25) is 5.91 Å². The highest BCUT2D eigenvalue weighted by atomic mass is 16.2. The summed E-state index contributed by atoms with van der Waals surface area (Å²) in [7, 11) is 0. The van der Waals surface area contributed by atoms with Crippen LogP contribution in [0, 0.1) is 13.8 Å². The summed E-state index contributed by atoms with van der Waals surface area (Å²) in [5.74, 6) is 2.16. The van der Waals surface area contributed by atoms with E-state index in [0.717, 1.165) is 56.4 Å². The molecule has 0 radical (unpaired) electrons. The zero-order valence-electron chi connectivity index (χ0n) is 19.6. The lowest BCUT2D eigenvalue weighted by molar-refractivity contribution is -0.131. The van der Waals surface area contributed by atoms with E-state index in [0.29, 0.717) is 12.3 Å². The SMILES string of the molecule is CCCCCCCCC(=O)N1CCN(c2nc(C)nc(C)c2Cc2ccccc2)CC1. The molecule has 1 aromatic heterocycles. The van der Waals surface area contributed by atoms with Crippen molar-refractivity contribution in [2.45, 2.75) is 72.1 Å². The summed E-state index contributed by atoms with van der Waals surface area (Å²) >= 11 is 0. The second-order valence-corrected chi connectivity index (χ2v) is 8.71. The number of rotatable bonds is 10. The second-order valence-electron chi connectivity index (χ2n) is 8.71. The standard InChI is InChI=1S/C26H38N4O/c1-4-5-6-7-8-12-15-25(31)29-16-18-30(19-17-29)26-24(21(2)27-22(3)28-26)20-23-13-10-9-11-14-23/h9-11,13-14H,4-8,12,15-20H2,1-3H3. The Hall–Kier alpha value is -2.43. The summed E-state index contributed by atoms with van der Waals surface area (Å²) < 4.78 is 0. The van der Waals surface area contributed by atoms with Crippen molar-refractivity contribution in [3.8, 4) is 0 Å². The van der Waals surface area contributed by atoms with Gasteiger partial charge in [-0.1, -0.05) is 69.4 Å². The second kappa shape index (κ2) is 11.8. The van der Waals surface area contributed by atoms with E-state index < -0.39 is 0 Å². The van der Waals surface area contributed by atoms with Gasteiger partial charge >= 0.3 is 0 Å².